The van der Waals surface area contributed by atoms with Crippen LogP contribution >= 0.6 is 0 Å². The summed E-state index contributed by atoms with van der Waals surface area (Å²) in [5.74, 6) is -0.764. The number of halogens is 1. The van der Waals surface area contributed by atoms with Crippen LogP contribution in [0.4, 0.5) is 4.39 Å². The van der Waals surface area contributed by atoms with Crippen molar-refractivity contribution < 1.29 is 9.18 Å². The number of rotatable bonds is 7. The molecule has 1 atom stereocenters. The van der Waals surface area contributed by atoms with E-state index in [0.717, 1.165) is 34.0 Å². The average Bonchev–Trinajstić information content (AvgIpc) is 3.22. The van der Waals surface area contributed by atoms with Crippen molar-refractivity contribution >= 4 is 16.8 Å². The number of fused-ring (bicyclic) bond motifs is 1. The van der Waals surface area contributed by atoms with Gasteiger partial charge in [-0.3, -0.25) is 4.79 Å². The summed E-state index contributed by atoms with van der Waals surface area (Å²) in [5, 5.41) is 4.04. The van der Waals surface area contributed by atoms with Gasteiger partial charge in [-0.1, -0.05) is 73.2 Å². The smallest absolute Gasteiger partial charge is 0.221 e. The van der Waals surface area contributed by atoms with E-state index >= 15 is 0 Å². The maximum atomic E-state index is 14.9. The molecule has 2 N–H and O–H groups in total. The molecule has 4 rings (SSSR count). The van der Waals surface area contributed by atoms with E-state index in [1.807, 2.05) is 61.7 Å². The number of aromatic nitrogens is 1. The number of para-hydroxylation sites is 1. The van der Waals surface area contributed by atoms with Gasteiger partial charge in [0.15, 0.2) is 0 Å². The van der Waals surface area contributed by atoms with Gasteiger partial charge in [0, 0.05) is 36.0 Å². The lowest BCUT2D eigenvalue weighted by Crippen LogP contribution is -2.25. The topological polar surface area (TPSA) is 44.9 Å². The summed E-state index contributed by atoms with van der Waals surface area (Å²) >= 11 is 0. The van der Waals surface area contributed by atoms with Gasteiger partial charge < -0.3 is 10.3 Å². The summed E-state index contributed by atoms with van der Waals surface area (Å²) in [6, 6.07) is 21.1. The van der Waals surface area contributed by atoms with Crippen molar-refractivity contribution in [3.05, 3.63) is 107 Å². The zero-order valence-electron chi connectivity index (χ0n) is 17.9. The third-order valence-corrected chi connectivity index (χ3v) is 5.84. The van der Waals surface area contributed by atoms with Crippen LogP contribution < -0.4 is 5.32 Å². The molecule has 158 valence electrons. The Morgan fingerprint density at radius 1 is 1.03 bits per heavy atom. The Kier molecular flexibility index (Phi) is 6.17. The SMILES string of the molecule is CCc1cccc2c(C(CC(=O)NCc3ccccc3)c3cc(C)ccc3F)c[nH]c12. The first-order valence-electron chi connectivity index (χ1n) is 10.7. The van der Waals surface area contributed by atoms with E-state index in [0.29, 0.717) is 12.1 Å². The minimum absolute atomic E-state index is 0.101. The fraction of sp³-hybridized carbons (Fsp3) is 0.222. The van der Waals surface area contributed by atoms with Gasteiger partial charge in [0.2, 0.25) is 5.91 Å². The molecular weight excluding hydrogens is 387 g/mol. The molecule has 0 spiro atoms. The number of hydrogen-bond donors (Lipinski definition) is 2. The van der Waals surface area contributed by atoms with E-state index < -0.39 is 0 Å². The fourth-order valence-corrected chi connectivity index (χ4v) is 4.19. The Morgan fingerprint density at radius 2 is 1.84 bits per heavy atom. The monoisotopic (exact) mass is 414 g/mol. The van der Waals surface area contributed by atoms with Crippen molar-refractivity contribution in [3.8, 4) is 0 Å². The quantitative estimate of drug-likeness (QED) is 0.382. The number of aryl methyl sites for hydroxylation is 2. The molecule has 3 nitrogen and oxygen atoms in total. The fourth-order valence-electron chi connectivity index (χ4n) is 4.19. The predicted molar refractivity (Wildman–Crippen MR) is 124 cm³/mol. The predicted octanol–water partition coefficient (Wildman–Crippen LogP) is 6.02. The average molecular weight is 415 g/mol. The first-order chi connectivity index (χ1) is 15.1. The van der Waals surface area contributed by atoms with Crippen LogP contribution in [0.5, 0.6) is 0 Å². The van der Waals surface area contributed by atoms with Gasteiger partial charge in [-0.05, 0) is 41.7 Å². The molecule has 4 heteroatoms. The summed E-state index contributed by atoms with van der Waals surface area (Å²) in [4.78, 5) is 16.3. The van der Waals surface area contributed by atoms with E-state index in [-0.39, 0.29) is 24.1 Å². The van der Waals surface area contributed by atoms with Crippen LogP contribution in [0.3, 0.4) is 0 Å². The summed E-state index contributed by atoms with van der Waals surface area (Å²) < 4.78 is 14.9. The Labute approximate surface area is 182 Å². The molecule has 31 heavy (non-hydrogen) atoms. The minimum Gasteiger partial charge on any atom is -0.361 e. The normalized spacial score (nSPS) is 12.1. The second-order valence-corrected chi connectivity index (χ2v) is 7.98. The molecule has 4 aromatic rings. The highest BCUT2D eigenvalue weighted by Gasteiger charge is 2.24. The highest BCUT2D eigenvalue weighted by atomic mass is 19.1. The van der Waals surface area contributed by atoms with Gasteiger partial charge in [0.25, 0.3) is 0 Å². The van der Waals surface area contributed by atoms with Crippen LogP contribution in [0.15, 0.2) is 72.9 Å². The molecule has 0 saturated carbocycles. The number of benzene rings is 3. The lowest BCUT2D eigenvalue weighted by Gasteiger charge is -2.19. The zero-order valence-corrected chi connectivity index (χ0v) is 17.9. The van der Waals surface area contributed by atoms with Crippen molar-refractivity contribution in [1.29, 1.82) is 0 Å². The Balaban J connectivity index is 1.69. The largest absolute Gasteiger partial charge is 0.361 e. The van der Waals surface area contributed by atoms with Crippen LogP contribution in [0.1, 0.15) is 47.1 Å². The van der Waals surface area contributed by atoms with Gasteiger partial charge in [-0.2, -0.15) is 0 Å². The van der Waals surface area contributed by atoms with Crippen LogP contribution in [-0.2, 0) is 17.8 Å². The molecule has 1 unspecified atom stereocenters. The van der Waals surface area contributed by atoms with Crippen molar-refractivity contribution in [2.24, 2.45) is 0 Å². The summed E-state index contributed by atoms with van der Waals surface area (Å²) in [6.45, 7) is 4.51. The number of hydrogen-bond acceptors (Lipinski definition) is 1. The first-order valence-corrected chi connectivity index (χ1v) is 10.7. The molecule has 0 saturated heterocycles. The summed E-state index contributed by atoms with van der Waals surface area (Å²) in [5.41, 5.74) is 5.78. The Hall–Kier alpha value is -3.40. The molecule has 0 aliphatic rings. The molecule has 1 amide bonds. The Morgan fingerprint density at radius 3 is 2.61 bits per heavy atom. The molecule has 0 aliphatic carbocycles. The molecule has 1 heterocycles. The highest BCUT2D eigenvalue weighted by molar-refractivity contribution is 5.88. The first kappa shape index (κ1) is 20.9. The van der Waals surface area contributed by atoms with E-state index in [1.165, 1.54) is 11.6 Å². The van der Waals surface area contributed by atoms with Crippen molar-refractivity contribution in [3.63, 3.8) is 0 Å². The van der Waals surface area contributed by atoms with E-state index in [9.17, 15) is 9.18 Å². The Bertz CT molecular complexity index is 1200. The minimum atomic E-state index is -0.378. The van der Waals surface area contributed by atoms with Gasteiger partial charge in [0.1, 0.15) is 5.82 Å². The number of amides is 1. The molecule has 1 aromatic heterocycles. The van der Waals surface area contributed by atoms with E-state index in [4.69, 9.17) is 0 Å². The lowest BCUT2D eigenvalue weighted by atomic mass is 9.86. The maximum Gasteiger partial charge on any atom is 0.221 e. The molecule has 0 aliphatic heterocycles. The molecule has 0 fully saturated rings. The molecule has 0 bridgehead atoms. The van der Waals surface area contributed by atoms with E-state index in [2.05, 4.69) is 23.3 Å². The number of carbonyl (C=O) groups excluding carboxylic acids is 1. The highest BCUT2D eigenvalue weighted by Crippen LogP contribution is 2.36. The van der Waals surface area contributed by atoms with Crippen LogP contribution in [0, 0.1) is 12.7 Å². The van der Waals surface area contributed by atoms with Crippen LogP contribution in [0.25, 0.3) is 10.9 Å². The standard InChI is InChI=1S/C27H27FN2O/c1-3-20-10-7-11-21-24(17-30-27(20)21)22(23-14-18(2)12-13-25(23)28)15-26(31)29-16-19-8-5-4-6-9-19/h4-14,17,22,30H,3,15-16H2,1-2H3,(H,29,31). The summed E-state index contributed by atoms with van der Waals surface area (Å²) in [6.07, 6.45) is 3.01. The second-order valence-electron chi connectivity index (χ2n) is 7.98. The van der Waals surface area contributed by atoms with Gasteiger partial charge in [-0.25, -0.2) is 4.39 Å². The third kappa shape index (κ3) is 4.53. The lowest BCUT2D eigenvalue weighted by molar-refractivity contribution is -0.121. The van der Waals surface area contributed by atoms with Gasteiger partial charge in [0.05, 0.1) is 0 Å². The number of carbonyl (C=O) groups is 1. The number of H-pyrrole nitrogens is 1. The molecular formula is C27H27FN2O. The number of nitrogens with one attached hydrogen (secondary N) is 2. The van der Waals surface area contributed by atoms with Gasteiger partial charge >= 0.3 is 0 Å². The summed E-state index contributed by atoms with van der Waals surface area (Å²) in [7, 11) is 0. The van der Waals surface area contributed by atoms with Crippen molar-refractivity contribution in [2.45, 2.75) is 39.2 Å². The van der Waals surface area contributed by atoms with Crippen LogP contribution in [-0.4, -0.2) is 10.9 Å². The van der Waals surface area contributed by atoms with E-state index in [1.54, 1.807) is 6.07 Å². The third-order valence-electron chi connectivity index (χ3n) is 5.84. The zero-order chi connectivity index (χ0) is 21.8. The maximum absolute atomic E-state index is 14.9. The van der Waals surface area contributed by atoms with Crippen LogP contribution in [0.2, 0.25) is 0 Å². The van der Waals surface area contributed by atoms with Crippen molar-refractivity contribution in [2.75, 3.05) is 0 Å². The number of aromatic amines is 1. The second kappa shape index (κ2) is 9.17. The van der Waals surface area contributed by atoms with Crippen molar-refractivity contribution in [1.82, 2.24) is 10.3 Å². The molecule has 0 radical (unpaired) electrons. The van der Waals surface area contributed by atoms with Gasteiger partial charge in [-0.15, -0.1) is 0 Å². The molecule has 3 aromatic carbocycles.